The van der Waals surface area contributed by atoms with Crippen LogP contribution >= 0.6 is 0 Å². The molecule has 0 aliphatic rings. The lowest BCUT2D eigenvalue weighted by atomic mass is 10.1. The Morgan fingerprint density at radius 3 is 2.66 bits per heavy atom. The highest BCUT2D eigenvalue weighted by Gasteiger charge is 2.13. The molecule has 0 amide bonds. The molecule has 1 heterocycles. The summed E-state index contributed by atoms with van der Waals surface area (Å²) in [6.45, 7) is 9.34. The highest BCUT2D eigenvalue weighted by Crippen LogP contribution is 2.29. The van der Waals surface area contributed by atoms with Gasteiger partial charge in [0.15, 0.2) is 11.5 Å². The van der Waals surface area contributed by atoms with E-state index in [1.165, 1.54) is 11.1 Å². The van der Waals surface area contributed by atoms with Crippen molar-refractivity contribution in [3.63, 3.8) is 0 Å². The maximum absolute atomic E-state index is 9.24. The summed E-state index contributed by atoms with van der Waals surface area (Å²) < 4.78 is 13.7. The molecule has 1 aromatic heterocycles. The summed E-state index contributed by atoms with van der Waals surface area (Å²) in [4.78, 5) is 4.81. The van der Waals surface area contributed by atoms with E-state index in [0.717, 1.165) is 46.8 Å². The Bertz CT molecular complexity index is 991. The van der Waals surface area contributed by atoms with Crippen molar-refractivity contribution < 1.29 is 14.6 Å². The van der Waals surface area contributed by atoms with Gasteiger partial charge < -0.3 is 19.1 Å². The SMILES string of the molecule is C=CCc1ccc(OCCn2c(CCCO)nc3cc(C)c(C)cc32)c(OC)c1. The van der Waals surface area contributed by atoms with Gasteiger partial charge in [0.1, 0.15) is 12.4 Å². The van der Waals surface area contributed by atoms with E-state index >= 15 is 0 Å². The van der Waals surface area contributed by atoms with E-state index < -0.39 is 0 Å². The molecule has 3 aromatic rings. The number of nitrogens with zero attached hydrogens (tertiary/aromatic N) is 2. The smallest absolute Gasteiger partial charge is 0.161 e. The van der Waals surface area contributed by atoms with E-state index in [9.17, 15) is 5.11 Å². The monoisotopic (exact) mass is 394 g/mol. The lowest BCUT2D eigenvalue weighted by Gasteiger charge is -2.14. The van der Waals surface area contributed by atoms with Crippen molar-refractivity contribution in [1.82, 2.24) is 9.55 Å². The van der Waals surface area contributed by atoms with Crippen LogP contribution < -0.4 is 9.47 Å². The third-order valence-corrected chi connectivity index (χ3v) is 5.18. The first-order valence-corrected chi connectivity index (χ1v) is 10.0. The number of aliphatic hydroxyl groups excluding tert-OH is 1. The summed E-state index contributed by atoms with van der Waals surface area (Å²) in [7, 11) is 1.65. The second-order valence-electron chi connectivity index (χ2n) is 7.26. The zero-order valence-corrected chi connectivity index (χ0v) is 17.6. The molecule has 0 radical (unpaired) electrons. The van der Waals surface area contributed by atoms with Crippen molar-refractivity contribution >= 4 is 11.0 Å². The maximum atomic E-state index is 9.24. The normalized spacial score (nSPS) is 11.0. The molecule has 0 bridgehead atoms. The molecule has 5 heteroatoms. The summed E-state index contributed by atoms with van der Waals surface area (Å²) in [5.74, 6) is 2.44. The molecule has 0 atom stereocenters. The largest absolute Gasteiger partial charge is 0.493 e. The van der Waals surface area contributed by atoms with Crippen LogP contribution in [0.25, 0.3) is 11.0 Å². The van der Waals surface area contributed by atoms with Gasteiger partial charge in [-0.2, -0.15) is 0 Å². The van der Waals surface area contributed by atoms with Gasteiger partial charge in [-0.25, -0.2) is 4.98 Å². The predicted molar refractivity (Wildman–Crippen MR) is 117 cm³/mol. The molecule has 154 valence electrons. The van der Waals surface area contributed by atoms with Gasteiger partial charge in [0.2, 0.25) is 0 Å². The van der Waals surface area contributed by atoms with E-state index in [1.54, 1.807) is 7.11 Å². The van der Waals surface area contributed by atoms with Gasteiger partial charge in [-0.15, -0.1) is 6.58 Å². The van der Waals surface area contributed by atoms with Crippen LogP contribution in [-0.4, -0.2) is 35.0 Å². The minimum atomic E-state index is 0.159. The van der Waals surface area contributed by atoms with Gasteiger partial charge in [-0.05, 0) is 67.6 Å². The molecule has 0 fully saturated rings. The van der Waals surface area contributed by atoms with Crippen molar-refractivity contribution in [3.8, 4) is 11.5 Å². The number of aliphatic hydroxyl groups is 1. The molecule has 2 aromatic carbocycles. The fourth-order valence-electron chi connectivity index (χ4n) is 3.48. The number of ether oxygens (including phenoxy) is 2. The van der Waals surface area contributed by atoms with Crippen LogP contribution in [0.5, 0.6) is 11.5 Å². The van der Waals surface area contributed by atoms with Gasteiger partial charge in [-0.3, -0.25) is 0 Å². The number of rotatable bonds is 10. The molecule has 5 nitrogen and oxygen atoms in total. The fourth-order valence-corrected chi connectivity index (χ4v) is 3.48. The molecule has 0 saturated heterocycles. The van der Waals surface area contributed by atoms with Crippen molar-refractivity contribution in [2.45, 2.75) is 39.7 Å². The van der Waals surface area contributed by atoms with Gasteiger partial charge in [0.05, 0.1) is 24.7 Å². The molecular formula is C24H30N2O3. The van der Waals surface area contributed by atoms with Crippen LogP contribution in [0.1, 0.15) is 28.9 Å². The predicted octanol–water partition coefficient (Wildman–Crippen LogP) is 4.39. The van der Waals surface area contributed by atoms with E-state index in [-0.39, 0.29) is 6.61 Å². The highest BCUT2D eigenvalue weighted by molar-refractivity contribution is 5.78. The van der Waals surface area contributed by atoms with Gasteiger partial charge >= 0.3 is 0 Å². The number of aromatic nitrogens is 2. The van der Waals surface area contributed by atoms with Crippen LogP contribution in [0, 0.1) is 13.8 Å². The average Bonchev–Trinajstić information content (AvgIpc) is 3.04. The Morgan fingerprint density at radius 1 is 1.14 bits per heavy atom. The summed E-state index contributed by atoms with van der Waals surface area (Å²) >= 11 is 0. The lowest BCUT2D eigenvalue weighted by molar-refractivity contribution is 0.275. The first kappa shape index (κ1) is 20.9. The number of imidazole rings is 1. The molecule has 1 N–H and O–H groups in total. The van der Waals surface area contributed by atoms with Gasteiger partial charge in [0, 0.05) is 13.0 Å². The highest BCUT2D eigenvalue weighted by atomic mass is 16.5. The number of allylic oxidation sites excluding steroid dienone is 1. The summed E-state index contributed by atoms with van der Waals surface area (Å²) in [5, 5.41) is 9.24. The van der Waals surface area contributed by atoms with Crippen LogP contribution in [0.2, 0.25) is 0 Å². The Hall–Kier alpha value is -2.79. The Kier molecular flexibility index (Phi) is 6.94. The second-order valence-corrected chi connectivity index (χ2v) is 7.26. The quantitative estimate of drug-likeness (QED) is 0.518. The average molecular weight is 395 g/mol. The molecular weight excluding hydrogens is 364 g/mol. The topological polar surface area (TPSA) is 56.5 Å². The number of hydrogen-bond donors (Lipinski definition) is 1. The summed E-state index contributed by atoms with van der Waals surface area (Å²) in [5.41, 5.74) is 5.72. The summed E-state index contributed by atoms with van der Waals surface area (Å²) in [6, 6.07) is 10.3. The van der Waals surface area contributed by atoms with Crippen molar-refractivity contribution in [2.24, 2.45) is 0 Å². The van der Waals surface area contributed by atoms with E-state index in [4.69, 9.17) is 14.5 Å². The standard InChI is InChI=1S/C24H30N2O3/c1-5-7-19-9-10-22(23(16-19)28-4)29-13-11-26-21-15-18(3)17(2)14-20(21)25-24(26)8-6-12-27/h5,9-10,14-16,27H,1,6-8,11-13H2,2-4H3. The Balaban J connectivity index is 1.81. The van der Waals surface area contributed by atoms with Crippen LogP contribution in [0.15, 0.2) is 43.0 Å². The van der Waals surface area contributed by atoms with E-state index in [0.29, 0.717) is 19.6 Å². The molecule has 29 heavy (non-hydrogen) atoms. The lowest BCUT2D eigenvalue weighted by Crippen LogP contribution is -2.12. The number of methoxy groups -OCH3 is 1. The maximum Gasteiger partial charge on any atom is 0.161 e. The molecule has 3 rings (SSSR count). The number of aryl methyl sites for hydroxylation is 3. The Morgan fingerprint density at radius 2 is 1.93 bits per heavy atom. The zero-order chi connectivity index (χ0) is 20.8. The number of fused-ring (bicyclic) bond motifs is 1. The summed E-state index contributed by atoms with van der Waals surface area (Å²) in [6.07, 6.45) is 4.10. The van der Waals surface area contributed by atoms with Crippen molar-refractivity contribution in [1.29, 1.82) is 0 Å². The molecule has 0 spiro atoms. The molecule has 0 aliphatic carbocycles. The molecule has 0 aliphatic heterocycles. The number of hydrogen-bond acceptors (Lipinski definition) is 4. The van der Waals surface area contributed by atoms with Gasteiger partial charge in [-0.1, -0.05) is 12.1 Å². The minimum Gasteiger partial charge on any atom is -0.493 e. The first-order chi connectivity index (χ1) is 14.1. The minimum absolute atomic E-state index is 0.159. The van der Waals surface area contributed by atoms with Crippen LogP contribution in [-0.2, 0) is 19.4 Å². The number of benzene rings is 2. The van der Waals surface area contributed by atoms with Crippen molar-refractivity contribution in [2.75, 3.05) is 20.3 Å². The zero-order valence-electron chi connectivity index (χ0n) is 17.6. The van der Waals surface area contributed by atoms with Gasteiger partial charge in [0.25, 0.3) is 0 Å². The third-order valence-electron chi connectivity index (χ3n) is 5.18. The van der Waals surface area contributed by atoms with Crippen molar-refractivity contribution in [3.05, 3.63) is 65.5 Å². The molecule has 0 saturated carbocycles. The fraction of sp³-hybridized carbons (Fsp3) is 0.375. The van der Waals surface area contributed by atoms with E-state index in [1.807, 2.05) is 24.3 Å². The Labute approximate surface area is 172 Å². The van der Waals surface area contributed by atoms with Crippen LogP contribution in [0.4, 0.5) is 0 Å². The van der Waals surface area contributed by atoms with Crippen LogP contribution in [0.3, 0.4) is 0 Å². The first-order valence-electron chi connectivity index (χ1n) is 10.0. The molecule has 0 unspecified atom stereocenters. The third kappa shape index (κ3) is 4.80. The second kappa shape index (κ2) is 9.61. The van der Waals surface area contributed by atoms with E-state index in [2.05, 4.69) is 37.1 Å².